The molecule has 12 nitrogen and oxygen atoms in total. The molecule has 0 radical (unpaired) electrons. The first kappa shape index (κ1) is 67.4. The van der Waals surface area contributed by atoms with E-state index >= 15 is 0 Å². The monoisotopic (exact) mass is 1030 g/mol. The Labute approximate surface area is 443 Å². The lowest BCUT2D eigenvalue weighted by Gasteiger charge is -2.40. The number of esters is 3. The summed E-state index contributed by atoms with van der Waals surface area (Å²) in [6, 6.07) is 0. The van der Waals surface area contributed by atoms with Gasteiger partial charge in [-0.1, -0.05) is 210 Å². The van der Waals surface area contributed by atoms with Crippen LogP contribution in [-0.4, -0.2) is 89.2 Å². The van der Waals surface area contributed by atoms with Crippen LogP contribution < -0.4 is 0 Å². The number of ether oxygens (including phenoxy) is 5. The van der Waals surface area contributed by atoms with E-state index in [2.05, 4.69) is 81.5 Å². The predicted octanol–water partition coefficient (Wildman–Crippen LogP) is 14.8. The normalized spacial score (nSPS) is 18.7. The molecule has 6 unspecified atom stereocenters. The van der Waals surface area contributed by atoms with Crippen LogP contribution in [0, 0.1) is 0 Å². The third-order valence-electron chi connectivity index (χ3n) is 13.1. The van der Waals surface area contributed by atoms with Gasteiger partial charge in [-0.3, -0.25) is 14.4 Å². The van der Waals surface area contributed by atoms with Gasteiger partial charge in [0.05, 0.1) is 6.61 Å². The number of carboxylic acids is 1. The van der Waals surface area contributed by atoms with Gasteiger partial charge >= 0.3 is 23.9 Å². The van der Waals surface area contributed by atoms with Gasteiger partial charge in [-0.25, -0.2) is 4.79 Å². The van der Waals surface area contributed by atoms with E-state index in [1.165, 1.54) is 89.9 Å². The average molecular weight is 1030 g/mol. The molecule has 1 aliphatic heterocycles. The van der Waals surface area contributed by atoms with Crippen LogP contribution in [0.4, 0.5) is 0 Å². The third kappa shape index (κ3) is 39.5. The lowest BCUT2D eigenvalue weighted by Crippen LogP contribution is -2.61. The highest BCUT2D eigenvalue weighted by Gasteiger charge is 2.50. The smallest absolute Gasteiger partial charge is 0.335 e. The topological polar surface area (TPSA) is 175 Å². The number of hydrogen-bond donors (Lipinski definition) is 3. The molecule has 1 rings (SSSR count). The van der Waals surface area contributed by atoms with Crippen molar-refractivity contribution in [3.8, 4) is 0 Å². The molecule has 1 fully saturated rings. The van der Waals surface area contributed by atoms with Gasteiger partial charge < -0.3 is 39.0 Å². The Balaban J connectivity index is 2.72. The number of aliphatic carboxylic acids is 1. The lowest BCUT2D eigenvalue weighted by molar-refractivity contribution is -0.301. The molecule has 3 N–H and O–H groups in total. The SMILES string of the molecule is CC/C=C\C/C=C\C/C=C\CCCCCC(=O)OC1C(OCC(COC(=O)CCCCCCC/C=C\C/C=C\CCCCC)OC(=O)CCCCCCCCCCCCCCCCC)OC(C(=O)O)C(O)C1O. The number of hydrogen-bond acceptors (Lipinski definition) is 11. The summed E-state index contributed by atoms with van der Waals surface area (Å²) in [6.45, 7) is 5.83. The van der Waals surface area contributed by atoms with Gasteiger partial charge in [0.2, 0.25) is 0 Å². The number of rotatable bonds is 49. The number of carboxylic acid groups (broad SMARTS) is 1. The quantitative estimate of drug-likeness (QED) is 0.0228. The molecule has 1 aliphatic rings. The zero-order chi connectivity index (χ0) is 53.3. The molecule has 0 aromatic rings. The van der Waals surface area contributed by atoms with Crippen LogP contribution in [0.3, 0.4) is 0 Å². The van der Waals surface area contributed by atoms with Crippen LogP contribution >= 0.6 is 0 Å². The van der Waals surface area contributed by atoms with Crippen molar-refractivity contribution in [2.45, 2.75) is 289 Å². The minimum atomic E-state index is -1.91. The van der Waals surface area contributed by atoms with Gasteiger partial charge in [0.25, 0.3) is 0 Å². The number of carbonyl (C=O) groups is 4. The molecule has 0 amide bonds. The summed E-state index contributed by atoms with van der Waals surface area (Å²) in [4.78, 5) is 51.1. The van der Waals surface area contributed by atoms with Crippen molar-refractivity contribution in [1.82, 2.24) is 0 Å². The first-order valence-electron chi connectivity index (χ1n) is 29.3. The number of aliphatic hydroxyl groups excluding tert-OH is 2. The van der Waals surface area contributed by atoms with Crippen molar-refractivity contribution < 1.29 is 58.2 Å². The molecule has 0 aromatic heterocycles. The van der Waals surface area contributed by atoms with Crippen LogP contribution in [0.1, 0.15) is 252 Å². The van der Waals surface area contributed by atoms with E-state index in [4.69, 9.17) is 23.7 Å². The number of allylic oxidation sites excluding steroid dienone is 10. The maximum absolute atomic E-state index is 13.1. The fourth-order valence-corrected chi connectivity index (χ4v) is 8.59. The molecule has 0 bridgehead atoms. The van der Waals surface area contributed by atoms with Gasteiger partial charge in [0.1, 0.15) is 18.8 Å². The van der Waals surface area contributed by atoms with Crippen LogP contribution in [0.25, 0.3) is 0 Å². The minimum absolute atomic E-state index is 0.0241. The molecule has 6 atom stereocenters. The summed E-state index contributed by atoms with van der Waals surface area (Å²) in [6.07, 6.45) is 47.6. The second-order valence-corrected chi connectivity index (χ2v) is 19.9. The Bertz CT molecular complexity index is 1500. The summed E-state index contributed by atoms with van der Waals surface area (Å²) in [5, 5.41) is 31.4. The Hall–Kier alpha value is -3.58. The van der Waals surface area contributed by atoms with Gasteiger partial charge in [0.15, 0.2) is 24.6 Å². The zero-order valence-electron chi connectivity index (χ0n) is 46.1. The highest BCUT2D eigenvalue weighted by Crippen LogP contribution is 2.26. The highest BCUT2D eigenvalue weighted by molar-refractivity contribution is 5.74. The molecular formula is C61H104O12. The van der Waals surface area contributed by atoms with E-state index in [0.29, 0.717) is 19.3 Å². The van der Waals surface area contributed by atoms with Gasteiger partial charge in [0, 0.05) is 19.3 Å². The first-order valence-corrected chi connectivity index (χ1v) is 29.3. The van der Waals surface area contributed by atoms with E-state index in [1.807, 2.05) is 0 Å². The molecule has 73 heavy (non-hydrogen) atoms. The number of unbranched alkanes of at least 4 members (excludes halogenated alkanes) is 25. The van der Waals surface area contributed by atoms with Crippen molar-refractivity contribution in [2.24, 2.45) is 0 Å². The van der Waals surface area contributed by atoms with Crippen molar-refractivity contribution in [1.29, 1.82) is 0 Å². The summed E-state index contributed by atoms with van der Waals surface area (Å²) in [7, 11) is 0. The molecule has 0 spiro atoms. The Kier molecular flexibility index (Phi) is 45.5. The standard InChI is InChI=1S/C61H104O12/c1-4-7-10-13-16-19-22-25-27-30-32-35-38-41-44-47-53(62)69-50-52(71-54(63)48-45-42-39-36-34-31-28-26-23-20-17-14-11-8-5-2)51-70-61-59(57(66)56(65)58(73-61)60(67)68)72-55(64)49-46-43-40-37-33-29-24-21-18-15-12-9-6-3/h9,12,16,18-19,21,25,27,29,33,52,56-59,61,65-66H,4-8,10-11,13-15,17,20,22-24,26,28,30-32,34-51H2,1-3H3,(H,67,68)/b12-9-,19-16-,21-18-,27-25-,33-29-. The third-order valence-corrected chi connectivity index (χ3v) is 13.1. The maximum atomic E-state index is 13.1. The molecule has 0 saturated carbocycles. The van der Waals surface area contributed by atoms with Crippen LogP contribution in [0.5, 0.6) is 0 Å². The van der Waals surface area contributed by atoms with E-state index in [-0.39, 0.29) is 25.9 Å². The average Bonchev–Trinajstić information content (AvgIpc) is 3.37. The van der Waals surface area contributed by atoms with E-state index in [9.17, 15) is 34.5 Å². The first-order chi connectivity index (χ1) is 35.6. The van der Waals surface area contributed by atoms with Gasteiger partial charge in [-0.15, -0.1) is 0 Å². The van der Waals surface area contributed by atoms with Crippen molar-refractivity contribution in [3.05, 3.63) is 60.8 Å². The fourth-order valence-electron chi connectivity index (χ4n) is 8.59. The molecule has 1 saturated heterocycles. The van der Waals surface area contributed by atoms with E-state index in [1.54, 1.807) is 0 Å². The number of carbonyl (C=O) groups excluding carboxylic acids is 3. The summed E-state index contributed by atoms with van der Waals surface area (Å²) in [5.41, 5.74) is 0. The van der Waals surface area contributed by atoms with Crippen LogP contribution in [-0.2, 0) is 42.9 Å². The van der Waals surface area contributed by atoms with Gasteiger partial charge in [-0.05, 0) is 83.5 Å². The second kappa shape index (κ2) is 49.3. The Morgan fingerprint density at radius 2 is 0.863 bits per heavy atom. The maximum Gasteiger partial charge on any atom is 0.335 e. The highest BCUT2D eigenvalue weighted by atomic mass is 16.7. The van der Waals surface area contributed by atoms with Gasteiger partial charge in [-0.2, -0.15) is 0 Å². The number of aliphatic hydroxyl groups is 2. The molecule has 1 heterocycles. The Morgan fingerprint density at radius 3 is 1.36 bits per heavy atom. The lowest BCUT2D eigenvalue weighted by atomic mass is 9.98. The molecular weight excluding hydrogens is 925 g/mol. The largest absolute Gasteiger partial charge is 0.479 e. The Morgan fingerprint density at radius 1 is 0.466 bits per heavy atom. The van der Waals surface area contributed by atoms with Crippen molar-refractivity contribution >= 4 is 23.9 Å². The molecule has 0 aliphatic carbocycles. The van der Waals surface area contributed by atoms with Crippen molar-refractivity contribution in [3.63, 3.8) is 0 Å². The van der Waals surface area contributed by atoms with E-state index < -0.39 is 67.3 Å². The van der Waals surface area contributed by atoms with E-state index in [0.717, 1.165) is 103 Å². The summed E-state index contributed by atoms with van der Waals surface area (Å²) >= 11 is 0. The molecule has 420 valence electrons. The van der Waals surface area contributed by atoms with Crippen LogP contribution in [0.2, 0.25) is 0 Å². The minimum Gasteiger partial charge on any atom is -0.479 e. The molecule has 12 heteroatoms. The predicted molar refractivity (Wildman–Crippen MR) is 294 cm³/mol. The summed E-state index contributed by atoms with van der Waals surface area (Å²) in [5.74, 6) is -3.16. The van der Waals surface area contributed by atoms with Crippen LogP contribution in [0.15, 0.2) is 60.8 Å². The summed E-state index contributed by atoms with van der Waals surface area (Å²) < 4.78 is 28.4. The molecule has 0 aromatic carbocycles. The second-order valence-electron chi connectivity index (χ2n) is 19.9. The zero-order valence-corrected chi connectivity index (χ0v) is 46.1. The fraction of sp³-hybridized carbons (Fsp3) is 0.770. The van der Waals surface area contributed by atoms with Crippen molar-refractivity contribution in [2.75, 3.05) is 13.2 Å².